The molecule has 1 amide bonds. The van der Waals surface area contributed by atoms with Gasteiger partial charge in [-0.15, -0.1) is 0 Å². The Kier molecular flexibility index (Phi) is 3.01. The third kappa shape index (κ3) is 2.56. The van der Waals surface area contributed by atoms with Crippen molar-refractivity contribution in [1.82, 2.24) is 5.32 Å². The van der Waals surface area contributed by atoms with E-state index in [-0.39, 0.29) is 11.7 Å². The average molecular weight is 230 g/mol. The van der Waals surface area contributed by atoms with Crippen molar-refractivity contribution in [3.63, 3.8) is 0 Å². The van der Waals surface area contributed by atoms with E-state index in [0.717, 1.165) is 5.56 Å². The predicted octanol–water partition coefficient (Wildman–Crippen LogP) is 1.35. The number of amides is 1. The molecule has 2 N–H and O–H groups in total. The molecule has 0 saturated heterocycles. The number of rotatable bonds is 4. The zero-order valence-electron chi connectivity index (χ0n) is 9.44. The van der Waals surface area contributed by atoms with E-state index in [1.54, 1.807) is 12.1 Å². The number of hydrogen-bond acceptors (Lipinski definition) is 3. The van der Waals surface area contributed by atoms with Crippen LogP contribution in [0.4, 0.5) is 0 Å². The fraction of sp³-hybridized carbons (Fsp3) is 0.385. The molecule has 2 rings (SSSR count). The molecule has 0 heterocycles. The molecule has 17 heavy (non-hydrogen) atoms. The molecule has 1 aliphatic rings. The molecule has 88 valence electrons. The maximum absolute atomic E-state index is 11.6. The van der Waals surface area contributed by atoms with E-state index in [4.69, 9.17) is 10.4 Å². The Morgan fingerprint density at radius 2 is 2.06 bits per heavy atom. The van der Waals surface area contributed by atoms with Crippen LogP contribution in [0.3, 0.4) is 0 Å². The molecular formula is C13H14N2O2. The fourth-order valence-corrected chi connectivity index (χ4v) is 1.67. The van der Waals surface area contributed by atoms with Crippen LogP contribution in [0.1, 0.15) is 18.4 Å². The largest absolute Gasteiger partial charge is 0.508 e. The third-order valence-electron chi connectivity index (χ3n) is 3.03. The van der Waals surface area contributed by atoms with Crippen LogP contribution < -0.4 is 5.32 Å². The molecule has 0 radical (unpaired) electrons. The number of aromatic hydroxyl groups is 1. The molecule has 4 nitrogen and oxygen atoms in total. The minimum atomic E-state index is -0.741. The van der Waals surface area contributed by atoms with Crippen molar-refractivity contribution in [3.05, 3.63) is 29.8 Å². The summed E-state index contributed by atoms with van der Waals surface area (Å²) in [6, 6.07) is 8.94. The van der Waals surface area contributed by atoms with E-state index < -0.39 is 5.41 Å². The summed E-state index contributed by atoms with van der Waals surface area (Å²) >= 11 is 0. The van der Waals surface area contributed by atoms with Crippen molar-refractivity contribution in [3.8, 4) is 11.8 Å². The molecule has 0 bridgehead atoms. The molecule has 1 fully saturated rings. The SMILES string of the molecule is N#CC1(C(=O)NCCc2ccc(O)cc2)CC1. The summed E-state index contributed by atoms with van der Waals surface area (Å²) < 4.78 is 0. The average Bonchev–Trinajstić information content (AvgIpc) is 3.12. The maximum atomic E-state index is 11.6. The lowest BCUT2D eigenvalue weighted by Crippen LogP contribution is -2.32. The summed E-state index contributed by atoms with van der Waals surface area (Å²) in [4.78, 5) is 11.6. The van der Waals surface area contributed by atoms with Crippen molar-refractivity contribution in [2.24, 2.45) is 5.41 Å². The minimum Gasteiger partial charge on any atom is -0.508 e. The molecular weight excluding hydrogens is 216 g/mol. The van der Waals surface area contributed by atoms with Gasteiger partial charge in [-0.05, 0) is 37.0 Å². The molecule has 4 heteroatoms. The Balaban J connectivity index is 1.79. The number of phenols is 1. The van der Waals surface area contributed by atoms with E-state index in [1.807, 2.05) is 12.1 Å². The summed E-state index contributed by atoms with van der Waals surface area (Å²) in [6.07, 6.45) is 2.05. The molecule has 1 aromatic rings. The molecule has 0 unspecified atom stereocenters. The van der Waals surface area contributed by atoms with Crippen molar-refractivity contribution in [1.29, 1.82) is 5.26 Å². The molecule has 0 aliphatic heterocycles. The second-order valence-corrected chi connectivity index (χ2v) is 4.37. The zero-order chi connectivity index (χ0) is 12.3. The number of hydrogen-bond donors (Lipinski definition) is 2. The lowest BCUT2D eigenvalue weighted by molar-refractivity contribution is -0.124. The number of carbonyl (C=O) groups is 1. The first kappa shape index (κ1) is 11.5. The first-order chi connectivity index (χ1) is 8.16. The van der Waals surface area contributed by atoms with Crippen LogP contribution in [0.5, 0.6) is 5.75 Å². The smallest absolute Gasteiger partial charge is 0.240 e. The van der Waals surface area contributed by atoms with E-state index in [1.165, 1.54) is 0 Å². The molecule has 0 aromatic heterocycles. The second-order valence-electron chi connectivity index (χ2n) is 4.37. The van der Waals surface area contributed by atoms with E-state index in [9.17, 15) is 4.79 Å². The van der Waals surface area contributed by atoms with Crippen molar-refractivity contribution < 1.29 is 9.90 Å². The number of nitrogens with zero attached hydrogens (tertiary/aromatic N) is 1. The number of nitriles is 1. The highest BCUT2D eigenvalue weighted by molar-refractivity contribution is 5.88. The standard InChI is InChI=1S/C13H14N2O2/c14-9-13(6-7-13)12(17)15-8-5-10-1-3-11(16)4-2-10/h1-4,16H,5-8H2,(H,15,17). The van der Waals surface area contributed by atoms with Gasteiger partial charge in [-0.3, -0.25) is 4.79 Å². The minimum absolute atomic E-state index is 0.154. The molecule has 1 aromatic carbocycles. The van der Waals surface area contributed by atoms with Gasteiger partial charge in [0.05, 0.1) is 6.07 Å². The van der Waals surface area contributed by atoms with Crippen LogP contribution in [0.25, 0.3) is 0 Å². The van der Waals surface area contributed by atoms with Gasteiger partial charge >= 0.3 is 0 Å². The fourth-order valence-electron chi connectivity index (χ4n) is 1.67. The summed E-state index contributed by atoms with van der Waals surface area (Å²) in [5, 5.41) is 20.7. The molecule has 1 aliphatic carbocycles. The maximum Gasteiger partial charge on any atom is 0.240 e. The van der Waals surface area contributed by atoms with Crippen molar-refractivity contribution in [2.45, 2.75) is 19.3 Å². The predicted molar refractivity (Wildman–Crippen MR) is 62.1 cm³/mol. The van der Waals surface area contributed by atoms with E-state index in [2.05, 4.69) is 11.4 Å². The highest BCUT2D eigenvalue weighted by atomic mass is 16.3. The summed E-state index contributed by atoms with van der Waals surface area (Å²) in [5.41, 5.74) is 0.305. The highest BCUT2D eigenvalue weighted by Crippen LogP contribution is 2.44. The van der Waals surface area contributed by atoms with Crippen LogP contribution in [0.2, 0.25) is 0 Å². The topological polar surface area (TPSA) is 73.1 Å². The van der Waals surface area contributed by atoms with Gasteiger partial charge in [0.2, 0.25) is 5.91 Å². The van der Waals surface area contributed by atoms with Gasteiger partial charge in [0.25, 0.3) is 0 Å². The Hall–Kier alpha value is -2.02. The van der Waals surface area contributed by atoms with Gasteiger partial charge in [-0.25, -0.2) is 0 Å². The van der Waals surface area contributed by atoms with Gasteiger partial charge < -0.3 is 10.4 Å². The van der Waals surface area contributed by atoms with Crippen LogP contribution in [-0.2, 0) is 11.2 Å². The van der Waals surface area contributed by atoms with Crippen molar-refractivity contribution in [2.75, 3.05) is 6.54 Å². The summed E-state index contributed by atoms with van der Waals surface area (Å²) in [7, 11) is 0. The zero-order valence-corrected chi connectivity index (χ0v) is 9.44. The van der Waals surface area contributed by atoms with E-state index >= 15 is 0 Å². The lowest BCUT2D eigenvalue weighted by Gasteiger charge is -2.08. The quantitative estimate of drug-likeness (QED) is 0.820. The number of phenolic OH excluding ortho intramolecular Hbond substituents is 1. The van der Waals surface area contributed by atoms with Crippen LogP contribution >= 0.6 is 0 Å². The van der Waals surface area contributed by atoms with Gasteiger partial charge in [-0.1, -0.05) is 12.1 Å². The van der Waals surface area contributed by atoms with Crippen LogP contribution in [0.15, 0.2) is 24.3 Å². The molecule has 0 spiro atoms. The Morgan fingerprint density at radius 3 is 2.59 bits per heavy atom. The van der Waals surface area contributed by atoms with E-state index in [0.29, 0.717) is 25.8 Å². The van der Waals surface area contributed by atoms with Crippen LogP contribution in [0, 0.1) is 16.7 Å². The van der Waals surface area contributed by atoms with Gasteiger partial charge in [0, 0.05) is 6.54 Å². The number of nitrogens with one attached hydrogen (secondary N) is 1. The highest BCUT2D eigenvalue weighted by Gasteiger charge is 2.50. The van der Waals surface area contributed by atoms with Crippen molar-refractivity contribution >= 4 is 5.91 Å². The Labute approximate surface area is 99.9 Å². The van der Waals surface area contributed by atoms with Gasteiger partial charge in [0.15, 0.2) is 0 Å². The Morgan fingerprint density at radius 1 is 1.41 bits per heavy atom. The summed E-state index contributed by atoms with van der Waals surface area (Å²) in [5.74, 6) is 0.0815. The molecule has 1 saturated carbocycles. The first-order valence-electron chi connectivity index (χ1n) is 5.64. The van der Waals surface area contributed by atoms with Crippen LogP contribution in [-0.4, -0.2) is 17.6 Å². The van der Waals surface area contributed by atoms with Gasteiger partial charge in [0.1, 0.15) is 11.2 Å². The van der Waals surface area contributed by atoms with Gasteiger partial charge in [-0.2, -0.15) is 5.26 Å². The molecule has 0 atom stereocenters. The Bertz CT molecular complexity index is 455. The normalized spacial score (nSPS) is 15.9. The summed E-state index contributed by atoms with van der Waals surface area (Å²) in [6.45, 7) is 0.521. The first-order valence-corrected chi connectivity index (χ1v) is 5.64. The third-order valence-corrected chi connectivity index (χ3v) is 3.03. The number of benzene rings is 1. The lowest BCUT2D eigenvalue weighted by atomic mass is 10.1. The second kappa shape index (κ2) is 4.46. The monoisotopic (exact) mass is 230 g/mol. The number of carbonyl (C=O) groups excluding carboxylic acids is 1.